The van der Waals surface area contributed by atoms with Gasteiger partial charge in [0.2, 0.25) is 6.79 Å². The third kappa shape index (κ3) is 2.26. The van der Waals surface area contributed by atoms with E-state index in [1.54, 1.807) is 17.0 Å². The van der Waals surface area contributed by atoms with Gasteiger partial charge in [0.1, 0.15) is 11.0 Å². The van der Waals surface area contributed by atoms with Crippen molar-refractivity contribution in [1.82, 2.24) is 14.5 Å². The smallest absolute Gasteiger partial charge is 0.277 e. The van der Waals surface area contributed by atoms with E-state index in [4.69, 9.17) is 21.1 Å². The molecule has 0 amide bonds. The zero-order valence-corrected chi connectivity index (χ0v) is 13.7. The van der Waals surface area contributed by atoms with Crippen LogP contribution < -0.4 is 15.0 Å². The Hall–Kier alpha value is -2.99. The van der Waals surface area contributed by atoms with Crippen LogP contribution in [0.15, 0.2) is 47.5 Å². The number of aromatic nitrogens is 3. The predicted molar refractivity (Wildman–Crippen MR) is 94.5 cm³/mol. The van der Waals surface area contributed by atoms with Crippen molar-refractivity contribution in [2.24, 2.45) is 0 Å². The number of hydrogen-bond donors (Lipinski definition) is 1. The lowest BCUT2D eigenvalue weighted by Gasteiger charge is -2.06. The van der Waals surface area contributed by atoms with E-state index in [1.165, 1.54) is 0 Å². The van der Waals surface area contributed by atoms with Crippen molar-refractivity contribution < 1.29 is 9.47 Å². The normalized spacial score (nSPS) is 13.0. The molecule has 124 valence electrons. The Bertz CT molecular complexity index is 1200. The summed E-state index contributed by atoms with van der Waals surface area (Å²) >= 11 is 6.05. The molecule has 1 aliphatic rings. The first-order valence-electron chi connectivity index (χ1n) is 7.74. The topological polar surface area (TPSA) is 69.1 Å². The molecule has 25 heavy (non-hydrogen) atoms. The van der Waals surface area contributed by atoms with Gasteiger partial charge in [-0.3, -0.25) is 9.36 Å². The van der Waals surface area contributed by atoms with Gasteiger partial charge in [0.25, 0.3) is 5.56 Å². The highest BCUT2D eigenvalue weighted by Gasteiger charge is 2.15. The van der Waals surface area contributed by atoms with Gasteiger partial charge >= 0.3 is 0 Å². The molecule has 1 aliphatic heterocycles. The van der Waals surface area contributed by atoms with Crippen molar-refractivity contribution in [2.75, 3.05) is 6.79 Å². The summed E-state index contributed by atoms with van der Waals surface area (Å²) in [5, 5.41) is 1.45. The first kappa shape index (κ1) is 14.4. The fourth-order valence-corrected chi connectivity index (χ4v) is 3.28. The number of rotatable bonds is 2. The highest BCUT2D eigenvalue weighted by Crippen LogP contribution is 2.32. The highest BCUT2D eigenvalue weighted by atomic mass is 35.5. The molecule has 0 saturated heterocycles. The fraction of sp³-hybridized carbons (Fsp3) is 0.111. The van der Waals surface area contributed by atoms with Crippen LogP contribution in [0.5, 0.6) is 11.5 Å². The summed E-state index contributed by atoms with van der Waals surface area (Å²) < 4.78 is 12.3. The van der Waals surface area contributed by atoms with E-state index in [-0.39, 0.29) is 12.4 Å². The molecule has 0 unspecified atom stereocenters. The van der Waals surface area contributed by atoms with Crippen molar-refractivity contribution in [3.05, 3.63) is 63.7 Å². The molecule has 2 aromatic heterocycles. The summed E-state index contributed by atoms with van der Waals surface area (Å²) in [6.07, 6.45) is 1.56. The molecule has 6 nitrogen and oxygen atoms in total. The van der Waals surface area contributed by atoms with Gasteiger partial charge in [0.15, 0.2) is 11.5 Å². The van der Waals surface area contributed by atoms with E-state index in [2.05, 4.69) is 9.97 Å². The minimum absolute atomic E-state index is 0.130. The molecule has 0 bridgehead atoms. The van der Waals surface area contributed by atoms with E-state index in [9.17, 15) is 4.79 Å². The number of hydrogen-bond acceptors (Lipinski definition) is 4. The Morgan fingerprint density at radius 3 is 2.96 bits per heavy atom. The molecule has 1 N–H and O–H groups in total. The minimum atomic E-state index is -0.130. The van der Waals surface area contributed by atoms with Gasteiger partial charge in [-0.05, 0) is 35.9 Å². The second-order valence-electron chi connectivity index (χ2n) is 5.90. The number of nitrogens with zero attached hydrogens (tertiary/aromatic N) is 2. The lowest BCUT2D eigenvalue weighted by molar-refractivity contribution is 0.174. The molecule has 0 spiro atoms. The van der Waals surface area contributed by atoms with Crippen molar-refractivity contribution >= 4 is 33.5 Å². The zero-order valence-electron chi connectivity index (χ0n) is 13.0. The molecule has 0 aliphatic carbocycles. The van der Waals surface area contributed by atoms with Gasteiger partial charge in [-0.15, -0.1) is 0 Å². The van der Waals surface area contributed by atoms with Crippen LogP contribution in [0.4, 0.5) is 0 Å². The van der Waals surface area contributed by atoms with Crippen molar-refractivity contribution in [3.8, 4) is 11.5 Å². The Labute approximate surface area is 146 Å². The van der Waals surface area contributed by atoms with E-state index >= 15 is 0 Å². The molecule has 0 atom stereocenters. The Morgan fingerprint density at radius 1 is 1.16 bits per heavy atom. The van der Waals surface area contributed by atoms with Crippen LogP contribution in [-0.4, -0.2) is 21.3 Å². The first-order valence-corrected chi connectivity index (χ1v) is 8.12. The SMILES string of the molecule is O=c1c2[nH]c3ccc(Cl)cc3c2ncn1Cc1ccc2c(c1)OCO2. The largest absolute Gasteiger partial charge is 0.454 e. The second-order valence-corrected chi connectivity index (χ2v) is 6.34. The molecule has 2 aromatic carbocycles. The molecular weight excluding hydrogens is 342 g/mol. The van der Waals surface area contributed by atoms with Gasteiger partial charge in [0, 0.05) is 15.9 Å². The molecule has 0 fully saturated rings. The lowest BCUT2D eigenvalue weighted by atomic mass is 10.2. The number of ether oxygens (including phenoxy) is 2. The average Bonchev–Trinajstić information content (AvgIpc) is 3.21. The van der Waals surface area contributed by atoms with Crippen LogP contribution in [0.2, 0.25) is 5.02 Å². The van der Waals surface area contributed by atoms with E-state index in [0.717, 1.165) is 22.2 Å². The number of aromatic amines is 1. The highest BCUT2D eigenvalue weighted by molar-refractivity contribution is 6.31. The van der Waals surface area contributed by atoms with Crippen molar-refractivity contribution in [1.29, 1.82) is 0 Å². The van der Waals surface area contributed by atoms with Crippen LogP contribution >= 0.6 is 11.6 Å². The number of H-pyrrole nitrogens is 1. The fourth-order valence-electron chi connectivity index (χ4n) is 3.11. The average molecular weight is 354 g/mol. The molecule has 0 saturated carbocycles. The summed E-state index contributed by atoms with van der Waals surface area (Å²) in [4.78, 5) is 20.4. The van der Waals surface area contributed by atoms with Crippen LogP contribution in [0.3, 0.4) is 0 Å². The third-order valence-electron chi connectivity index (χ3n) is 4.32. The van der Waals surface area contributed by atoms with E-state index in [1.807, 2.05) is 30.3 Å². The van der Waals surface area contributed by atoms with Gasteiger partial charge in [-0.25, -0.2) is 4.98 Å². The zero-order chi connectivity index (χ0) is 17.0. The quantitative estimate of drug-likeness (QED) is 0.600. The Morgan fingerprint density at radius 2 is 2.04 bits per heavy atom. The van der Waals surface area contributed by atoms with E-state index in [0.29, 0.717) is 28.4 Å². The third-order valence-corrected chi connectivity index (χ3v) is 4.56. The van der Waals surface area contributed by atoms with Gasteiger partial charge in [-0.1, -0.05) is 17.7 Å². The number of halogens is 1. The number of fused-ring (bicyclic) bond motifs is 4. The maximum absolute atomic E-state index is 12.8. The maximum Gasteiger partial charge on any atom is 0.277 e. The van der Waals surface area contributed by atoms with Crippen molar-refractivity contribution in [2.45, 2.75) is 6.54 Å². The predicted octanol–water partition coefficient (Wildman–Crippen LogP) is 3.31. The van der Waals surface area contributed by atoms with Crippen LogP contribution in [0, 0.1) is 0 Å². The minimum Gasteiger partial charge on any atom is -0.454 e. The summed E-state index contributed by atoms with van der Waals surface area (Å²) in [6.45, 7) is 0.623. The number of nitrogens with one attached hydrogen (secondary N) is 1. The van der Waals surface area contributed by atoms with Crippen LogP contribution in [0.1, 0.15) is 5.56 Å². The summed E-state index contributed by atoms with van der Waals surface area (Å²) in [7, 11) is 0. The second kappa shape index (κ2) is 5.26. The first-order chi connectivity index (χ1) is 12.2. The Balaban J connectivity index is 1.61. The van der Waals surface area contributed by atoms with Crippen LogP contribution in [0.25, 0.3) is 21.9 Å². The molecule has 0 radical (unpaired) electrons. The molecular formula is C18H12ClN3O3. The van der Waals surface area contributed by atoms with E-state index < -0.39 is 0 Å². The van der Waals surface area contributed by atoms with Gasteiger partial charge < -0.3 is 14.5 Å². The molecule has 7 heteroatoms. The summed E-state index contributed by atoms with van der Waals surface area (Å²) in [5.74, 6) is 1.41. The Kier molecular flexibility index (Phi) is 3.02. The van der Waals surface area contributed by atoms with Gasteiger partial charge in [-0.2, -0.15) is 0 Å². The monoisotopic (exact) mass is 353 g/mol. The molecule has 3 heterocycles. The molecule has 5 rings (SSSR count). The molecule has 4 aromatic rings. The summed E-state index contributed by atoms with van der Waals surface area (Å²) in [5.41, 5.74) is 2.75. The maximum atomic E-state index is 12.8. The number of benzene rings is 2. The summed E-state index contributed by atoms with van der Waals surface area (Å²) in [6, 6.07) is 11.1. The standard InChI is InChI=1S/C18H12ClN3O3/c19-11-2-3-13-12(6-11)16-17(21-13)18(23)22(8-20-16)7-10-1-4-14-15(5-10)25-9-24-14/h1-6,8,21H,7,9H2. The lowest BCUT2D eigenvalue weighted by Crippen LogP contribution is -2.21. The van der Waals surface area contributed by atoms with Crippen molar-refractivity contribution in [3.63, 3.8) is 0 Å². The van der Waals surface area contributed by atoms with Gasteiger partial charge in [0.05, 0.1) is 12.9 Å². The van der Waals surface area contributed by atoms with Crippen LogP contribution in [-0.2, 0) is 6.54 Å².